The van der Waals surface area contributed by atoms with Gasteiger partial charge in [-0.25, -0.2) is 0 Å². The molecular weight excluding hydrogens is 224 g/mol. The van der Waals surface area contributed by atoms with E-state index in [2.05, 4.69) is 44.3 Å². The maximum absolute atomic E-state index is 12.1. The number of nitrogens with one attached hydrogen (secondary N) is 1. The van der Waals surface area contributed by atoms with Gasteiger partial charge in [-0.05, 0) is 31.4 Å². The fraction of sp³-hybridized carbons (Fsp3) is 0.533. The highest BCUT2D eigenvalue weighted by Gasteiger charge is 2.36. The first-order chi connectivity index (χ1) is 8.54. The second-order valence-electron chi connectivity index (χ2n) is 5.22. The molecule has 0 spiro atoms. The smallest absolute Gasteiger partial charge is 0.241 e. The molecule has 1 fully saturated rings. The van der Waals surface area contributed by atoms with Crippen molar-refractivity contribution in [2.75, 3.05) is 7.05 Å². The van der Waals surface area contributed by atoms with Gasteiger partial charge >= 0.3 is 0 Å². The molecule has 2 unspecified atom stereocenters. The number of hydrogen-bond donors (Lipinski definition) is 1. The Kier molecular flexibility index (Phi) is 3.71. The van der Waals surface area contributed by atoms with Crippen molar-refractivity contribution in [3.05, 3.63) is 34.9 Å². The van der Waals surface area contributed by atoms with Gasteiger partial charge in [0.25, 0.3) is 0 Å². The van der Waals surface area contributed by atoms with E-state index in [0.717, 1.165) is 12.8 Å². The van der Waals surface area contributed by atoms with E-state index >= 15 is 0 Å². The average Bonchev–Trinajstić information content (AvgIpc) is 2.58. The van der Waals surface area contributed by atoms with E-state index in [1.54, 1.807) is 0 Å². The third-order valence-electron chi connectivity index (χ3n) is 3.69. The number of aryl methyl sites for hydroxylation is 2. The molecule has 2 atom stereocenters. The summed E-state index contributed by atoms with van der Waals surface area (Å²) in [6, 6.07) is 6.38. The first-order valence-electron chi connectivity index (χ1n) is 6.64. The SMILES string of the molecule is CCCC1NC(c2ccc(C)cc2C)N(C)C1=O. The zero-order valence-electron chi connectivity index (χ0n) is 11.7. The van der Waals surface area contributed by atoms with Gasteiger partial charge in [0.15, 0.2) is 0 Å². The van der Waals surface area contributed by atoms with E-state index < -0.39 is 0 Å². The molecule has 0 bridgehead atoms. The van der Waals surface area contributed by atoms with Crippen LogP contribution in [-0.4, -0.2) is 23.9 Å². The molecule has 1 amide bonds. The topological polar surface area (TPSA) is 32.3 Å². The van der Waals surface area contributed by atoms with Gasteiger partial charge in [0.1, 0.15) is 6.17 Å². The van der Waals surface area contributed by atoms with Crippen molar-refractivity contribution >= 4 is 5.91 Å². The summed E-state index contributed by atoms with van der Waals surface area (Å²) in [6.07, 6.45) is 1.95. The second-order valence-corrected chi connectivity index (χ2v) is 5.22. The third kappa shape index (κ3) is 2.27. The molecule has 1 N–H and O–H groups in total. The Bertz CT molecular complexity index is 456. The minimum absolute atomic E-state index is 0.0225. The molecule has 0 radical (unpaired) electrons. The van der Waals surface area contributed by atoms with Gasteiger partial charge in [-0.2, -0.15) is 0 Å². The maximum atomic E-state index is 12.1. The molecule has 0 aliphatic carbocycles. The van der Waals surface area contributed by atoms with Crippen LogP contribution in [0.2, 0.25) is 0 Å². The van der Waals surface area contributed by atoms with Crippen LogP contribution in [0.15, 0.2) is 18.2 Å². The molecule has 3 heteroatoms. The van der Waals surface area contributed by atoms with Crippen LogP contribution in [0, 0.1) is 13.8 Å². The number of amides is 1. The number of hydrogen-bond acceptors (Lipinski definition) is 2. The minimum atomic E-state index is -0.0225. The van der Waals surface area contributed by atoms with Gasteiger partial charge in [-0.3, -0.25) is 10.1 Å². The van der Waals surface area contributed by atoms with Crippen molar-refractivity contribution in [2.24, 2.45) is 0 Å². The van der Waals surface area contributed by atoms with Crippen molar-refractivity contribution in [3.8, 4) is 0 Å². The van der Waals surface area contributed by atoms with Crippen LogP contribution in [0.4, 0.5) is 0 Å². The fourth-order valence-electron chi connectivity index (χ4n) is 2.67. The maximum Gasteiger partial charge on any atom is 0.241 e. The van der Waals surface area contributed by atoms with Gasteiger partial charge < -0.3 is 4.90 Å². The summed E-state index contributed by atoms with van der Waals surface area (Å²) >= 11 is 0. The number of nitrogens with zero attached hydrogens (tertiary/aromatic N) is 1. The first-order valence-corrected chi connectivity index (χ1v) is 6.64. The van der Waals surface area contributed by atoms with E-state index in [9.17, 15) is 4.79 Å². The van der Waals surface area contributed by atoms with Gasteiger partial charge in [0.05, 0.1) is 6.04 Å². The summed E-state index contributed by atoms with van der Waals surface area (Å²) in [7, 11) is 1.88. The van der Waals surface area contributed by atoms with Crippen LogP contribution in [0.25, 0.3) is 0 Å². The number of carbonyl (C=O) groups excluding carboxylic acids is 1. The van der Waals surface area contributed by atoms with Gasteiger partial charge in [-0.1, -0.05) is 37.1 Å². The molecule has 1 aromatic rings. The zero-order valence-corrected chi connectivity index (χ0v) is 11.7. The van der Waals surface area contributed by atoms with Gasteiger partial charge in [0.2, 0.25) is 5.91 Å². The quantitative estimate of drug-likeness (QED) is 0.889. The van der Waals surface area contributed by atoms with Crippen LogP contribution in [0.3, 0.4) is 0 Å². The Morgan fingerprint density at radius 3 is 2.67 bits per heavy atom. The molecule has 1 aliphatic heterocycles. The molecule has 1 saturated heterocycles. The summed E-state index contributed by atoms with van der Waals surface area (Å²) in [4.78, 5) is 14.0. The zero-order chi connectivity index (χ0) is 13.3. The highest BCUT2D eigenvalue weighted by Crippen LogP contribution is 2.27. The van der Waals surface area contributed by atoms with Crippen molar-refractivity contribution in [1.29, 1.82) is 0 Å². The van der Waals surface area contributed by atoms with E-state index in [1.807, 2.05) is 11.9 Å². The molecule has 1 aliphatic rings. The van der Waals surface area contributed by atoms with Crippen molar-refractivity contribution in [2.45, 2.75) is 45.8 Å². The predicted octanol–water partition coefficient (Wildman–Crippen LogP) is 2.53. The van der Waals surface area contributed by atoms with Gasteiger partial charge in [-0.15, -0.1) is 0 Å². The van der Waals surface area contributed by atoms with Crippen LogP contribution >= 0.6 is 0 Å². The molecule has 1 heterocycles. The Labute approximate surface area is 109 Å². The lowest BCUT2D eigenvalue weighted by molar-refractivity contribution is -0.128. The highest BCUT2D eigenvalue weighted by molar-refractivity contribution is 5.84. The Hall–Kier alpha value is -1.35. The molecule has 3 nitrogen and oxygen atoms in total. The Morgan fingerprint density at radius 2 is 2.06 bits per heavy atom. The highest BCUT2D eigenvalue weighted by atomic mass is 16.2. The first kappa shape index (κ1) is 13.1. The number of benzene rings is 1. The Morgan fingerprint density at radius 1 is 1.33 bits per heavy atom. The Balaban J connectivity index is 2.26. The van der Waals surface area contributed by atoms with Crippen molar-refractivity contribution < 1.29 is 4.79 Å². The van der Waals surface area contributed by atoms with E-state index in [1.165, 1.54) is 16.7 Å². The third-order valence-corrected chi connectivity index (χ3v) is 3.69. The lowest BCUT2D eigenvalue weighted by Crippen LogP contribution is -2.28. The second kappa shape index (κ2) is 5.11. The summed E-state index contributed by atoms with van der Waals surface area (Å²) in [5.74, 6) is 0.210. The van der Waals surface area contributed by atoms with Crippen molar-refractivity contribution in [1.82, 2.24) is 10.2 Å². The average molecular weight is 246 g/mol. The molecular formula is C15H22N2O. The number of rotatable bonds is 3. The monoisotopic (exact) mass is 246 g/mol. The van der Waals surface area contributed by atoms with E-state index in [0.29, 0.717) is 0 Å². The number of carbonyl (C=O) groups is 1. The number of likely N-dealkylation sites (N-methyl/N-ethyl adjacent to an activating group) is 1. The lowest BCUT2D eigenvalue weighted by atomic mass is 10.0. The fourth-order valence-corrected chi connectivity index (χ4v) is 2.67. The molecule has 0 aromatic heterocycles. The molecule has 0 saturated carbocycles. The van der Waals surface area contributed by atoms with Crippen LogP contribution in [0.1, 0.15) is 42.6 Å². The van der Waals surface area contributed by atoms with Crippen LogP contribution < -0.4 is 5.32 Å². The summed E-state index contributed by atoms with van der Waals surface area (Å²) in [6.45, 7) is 6.31. The lowest BCUT2D eigenvalue weighted by Gasteiger charge is -2.21. The molecule has 2 rings (SSSR count). The van der Waals surface area contributed by atoms with Crippen LogP contribution in [0.5, 0.6) is 0 Å². The van der Waals surface area contributed by atoms with Gasteiger partial charge in [0, 0.05) is 7.05 Å². The van der Waals surface area contributed by atoms with E-state index in [4.69, 9.17) is 0 Å². The standard InChI is InChI=1S/C15H22N2O/c1-5-6-13-15(18)17(4)14(16-13)12-8-7-10(2)9-11(12)3/h7-9,13-14,16H,5-6H2,1-4H3. The normalized spacial score (nSPS) is 23.8. The summed E-state index contributed by atoms with van der Waals surface area (Å²) in [5, 5.41) is 3.44. The van der Waals surface area contributed by atoms with Crippen LogP contribution in [-0.2, 0) is 4.79 Å². The molecule has 18 heavy (non-hydrogen) atoms. The summed E-state index contributed by atoms with van der Waals surface area (Å²) in [5.41, 5.74) is 3.70. The minimum Gasteiger partial charge on any atom is -0.325 e. The van der Waals surface area contributed by atoms with Crippen molar-refractivity contribution in [3.63, 3.8) is 0 Å². The largest absolute Gasteiger partial charge is 0.325 e. The van der Waals surface area contributed by atoms with E-state index in [-0.39, 0.29) is 18.1 Å². The molecule has 98 valence electrons. The summed E-state index contributed by atoms with van der Waals surface area (Å²) < 4.78 is 0. The molecule has 1 aromatic carbocycles. The predicted molar refractivity (Wildman–Crippen MR) is 73.3 cm³/mol.